The first-order valence-electron chi connectivity index (χ1n) is 7.87. The Balaban J connectivity index is 2.53. The van der Waals surface area contributed by atoms with Crippen molar-refractivity contribution >= 4 is 11.9 Å². The van der Waals surface area contributed by atoms with Gasteiger partial charge in [-0.05, 0) is 31.1 Å². The Kier molecular flexibility index (Phi) is 6.20. The van der Waals surface area contributed by atoms with Crippen molar-refractivity contribution < 1.29 is 19.4 Å². The second-order valence-electron chi connectivity index (χ2n) is 6.91. The SMILES string of the molecule is CCC1(CC)CC(NC(=O)CC(C)(C)CC(=O)O)CCO1. The predicted molar refractivity (Wildman–Crippen MR) is 81.1 cm³/mol. The van der Waals surface area contributed by atoms with Crippen LogP contribution in [0, 0.1) is 5.41 Å². The van der Waals surface area contributed by atoms with Gasteiger partial charge in [0, 0.05) is 19.1 Å². The molecule has 0 radical (unpaired) electrons. The number of carbonyl (C=O) groups excluding carboxylic acids is 1. The third-order valence-corrected chi connectivity index (χ3v) is 4.42. The van der Waals surface area contributed by atoms with Crippen molar-refractivity contribution in [1.29, 1.82) is 0 Å². The predicted octanol–water partition coefficient (Wildman–Crippen LogP) is 2.73. The zero-order valence-corrected chi connectivity index (χ0v) is 13.7. The lowest BCUT2D eigenvalue weighted by Crippen LogP contribution is -2.48. The number of carboxylic acid groups (broad SMARTS) is 1. The minimum atomic E-state index is -0.866. The molecule has 0 spiro atoms. The van der Waals surface area contributed by atoms with E-state index in [1.54, 1.807) is 0 Å². The summed E-state index contributed by atoms with van der Waals surface area (Å²) < 4.78 is 5.90. The van der Waals surface area contributed by atoms with Gasteiger partial charge in [-0.2, -0.15) is 0 Å². The summed E-state index contributed by atoms with van der Waals surface area (Å²) in [4.78, 5) is 23.0. The molecule has 2 N–H and O–H groups in total. The molecule has 1 fully saturated rings. The monoisotopic (exact) mass is 299 g/mol. The number of aliphatic carboxylic acids is 1. The number of ether oxygens (including phenoxy) is 1. The van der Waals surface area contributed by atoms with Gasteiger partial charge in [0.1, 0.15) is 0 Å². The number of amides is 1. The van der Waals surface area contributed by atoms with Crippen LogP contribution in [0.15, 0.2) is 0 Å². The number of rotatable bonds is 7. The van der Waals surface area contributed by atoms with Crippen LogP contribution in [0.25, 0.3) is 0 Å². The van der Waals surface area contributed by atoms with Crippen molar-refractivity contribution in [3.63, 3.8) is 0 Å². The normalized spacial score (nSPS) is 21.8. The molecule has 5 heteroatoms. The summed E-state index contributed by atoms with van der Waals surface area (Å²) in [6.45, 7) is 8.53. The van der Waals surface area contributed by atoms with Crippen LogP contribution >= 0.6 is 0 Å². The Hall–Kier alpha value is -1.10. The van der Waals surface area contributed by atoms with E-state index in [9.17, 15) is 9.59 Å². The number of nitrogens with one attached hydrogen (secondary N) is 1. The molecule has 1 atom stereocenters. The Morgan fingerprint density at radius 3 is 2.43 bits per heavy atom. The molecule has 122 valence electrons. The van der Waals surface area contributed by atoms with E-state index >= 15 is 0 Å². The molecule has 1 heterocycles. The van der Waals surface area contributed by atoms with Crippen LogP contribution in [-0.4, -0.2) is 35.2 Å². The highest BCUT2D eigenvalue weighted by Crippen LogP contribution is 2.32. The average Bonchev–Trinajstić information content (AvgIpc) is 2.36. The molecule has 1 rings (SSSR count). The molecule has 1 unspecified atom stereocenters. The fraction of sp³-hybridized carbons (Fsp3) is 0.875. The van der Waals surface area contributed by atoms with Gasteiger partial charge in [-0.3, -0.25) is 9.59 Å². The van der Waals surface area contributed by atoms with Gasteiger partial charge in [-0.25, -0.2) is 0 Å². The lowest BCUT2D eigenvalue weighted by molar-refractivity contribution is -0.139. The number of hydrogen-bond donors (Lipinski definition) is 2. The number of hydrogen-bond acceptors (Lipinski definition) is 3. The molecule has 21 heavy (non-hydrogen) atoms. The van der Waals surface area contributed by atoms with E-state index in [1.807, 2.05) is 13.8 Å². The van der Waals surface area contributed by atoms with Crippen molar-refractivity contribution in [2.24, 2.45) is 5.41 Å². The van der Waals surface area contributed by atoms with Crippen LogP contribution in [0.5, 0.6) is 0 Å². The third-order valence-electron chi connectivity index (χ3n) is 4.42. The molecule has 0 bridgehead atoms. The topological polar surface area (TPSA) is 75.6 Å². The van der Waals surface area contributed by atoms with Gasteiger partial charge in [-0.1, -0.05) is 27.7 Å². The Morgan fingerprint density at radius 2 is 1.90 bits per heavy atom. The largest absolute Gasteiger partial charge is 0.481 e. The van der Waals surface area contributed by atoms with E-state index in [-0.39, 0.29) is 30.4 Å². The smallest absolute Gasteiger partial charge is 0.303 e. The van der Waals surface area contributed by atoms with Crippen molar-refractivity contribution in [1.82, 2.24) is 5.32 Å². The summed E-state index contributed by atoms with van der Waals surface area (Å²) in [5, 5.41) is 11.9. The second-order valence-corrected chi connectivity index (χ2v) is 6.91. The molecule has 5 nitrogen and oxygen atoms in total. The van der Waals surface area contributed by atoms with Crippen molar-refractivity contribution in [3.05, 3.63) is 0 Å². The van der Waals surface area contributed by atoms with E-state index in [1.165, 1.54) is 0 Å². The maximum Gasteiger partial charge on any atom is 0.303 e. The summed E-state index contributed by atoms with van der Waals surface area (Å²) in [6, 6.07) is 0.131. The molecule has 0 aromatic heterocycles. The molecule has 1 aliphatic rings. The minimum absolute atomic E-state index is 0.00204. The molecule has 1 aliphatic heterocycles. The molecule has 1 amide bonds. The van der Waals surface area contributed by atoms with Crippen molar-refractivity contribution in [2.45, 2.75) is 77.9 Å². The second kappa shape index (κ2) is 7.25. The van der Waals surface area contributed by atoms with Crippen LogP contribution in [0.4, 0.5) is 0 Å². The molecule has 0 aromatic carbocycles. The first-order valence-corrected chi connectivity index (χ1v) is 7.87. The van der Waals surface area contributed by atoms with E-state index in [0.29, 0.717) is 6.61 Å². The van der Waals surface area contributed by atoms with Gasteiger partial charge < -0.3 is 15.2 Å². The van der Waals surface area contributed by atoms with Crippen LogP contribution < -0.4 is 5.32 Å². The Bertz CT molecular complexity index is 374. The molecular weight excluding hydrogens is 270 g/mol. The Morgan fingerprint density at radius 1 is 1.29 bits per heavy atom. The van der Waals surface area contributed by atoms with Gasteiger partial charge in [0.15, 0.2) is 0 Å². The first kappa shape index (κ1) is 18.0. The van der Waals surface area contributed by atoms with Crippen LogP contribution in [0.3, 0.4) is 0 Å². The van der Waals surface area contributed by atoms with Gasteiger partial charge in [0.2, 0.25) is 5.91 Å². The standard InChI is InChI=1S/C16H29NO4/c1-5-16(6-2)9-12(7-8-21-16)17-13(18)10-15(3,4)11-14(19)20/h12H,5-11H2,1-4H3,(H,17,18)(H,19,20). The maximum absolute atomic E-state index is 12.2. The molecule has 0 aliphatic carbocycles. The lowest BCUT2D eigenvalue weighted by Gasteiger charge is -2.40. The Labute approximate surface area is 127 Å². The molecular formula is C16H29NO4. The van der Waals surface area contributed by atoms with E-state index in [4.69, 9.17) is 9.84 Å². The summed E-state index contributed by atoms with van der Waals surface area (Å²) in [5.74, 6) is -0.927. The van der Waals surface area contributed by atoms with E-state index in [0.717, 1.165) is 25.7 Å². The van der Waals surface area contributed by atoms with Crippen LogP contribution in [0.1, 0.15) is 66.2 Å². The van der Waals surface area contributed by atoms with E-state index < -0.39 is 11.4 Å². The van der Waals surface area contributed by atoms with Crippen LogP contribution in [0.2, 0.25) is 0 Å². The minimum Gasteiger partial charge on any atom is -0.481 e. The zero-order valence-electron chi connectivity index (χ0n) is 13.7. The van der Waals surface area contributed by atoms with Gasteiger partial charge in [0.05, 0.1) is 12.0 Å². The summed E-state index contributed by atoms with van der Waals surface area (Å²) in [6.07, 6.45) is 3.79. The van der Waals surface area contributed by atoms with Gasteiger partial charge in [0.25, 0.3) is 0 Å². The number of carboxylic acids is 1. The lowest BCUT2D eigenvalue weighted by atomic mass is 9.84. The zero-order chi connectivity index (χ0) is 16.1. The molecule has 0 saturated carbocycles. The number of carbonyl (C=O) groups is 2. The summed E-state index contributed by atoms with van der Waals surface area (Å²) in [5.41, 5.74) is -0.638. The van der Waals surface area contributed by atoms with Gasteiger partial charge >= 0.3 is 5.97 Å². The third kappa shape index (κ3) is 5.65. The van der Waals surface area contributed by atoms with Gasteiger partial charge in [-0.15, -0.1) is 0 Å². The average molecular weight is 299 g/mol. The maximum atomic E-state index is 12.2. The quantitative estimate of drug-likeness (QED) is 0.758. The van der Waals surface area contributed by atoms with Crippen molar-refractivity contribution in [2.75, 3.05) is 6.61 Å². The fourth-order valence-electron chi connectivity index (χ4n) is 3.08. The first-order chi connectivity index (χ1) is 9.72. The van der Waals surface area contributed by atoms with Crippen LogP contribution in [-0.2, 0) is 14.3 Å². The fourth-order valence-corrected chi connectivity index (χ4v) is 3.08. The highest BCUT2D eigenvalue weighted by Gasteiger charge is 2.35. The van der Waals surface area contributed by atoms with Crippen molar-refractivity contribution in [3.8, 4) is 0 Å². The highest BCUT2D eigenvalue weighted by molar-refractivity contribution is 5.78. The highest BCUT2D eigenvalue weighted by atomic mass is 16.5. The summed E-state index contributed by atoms with van der Waals surface area (Å²) >= 11 is 0. The molecule has 1 saturated heterocycles. The summed E-state index contributed by atoms with van der Waals surface area (Å²) in [7, 11) is 0. The molecule has 0 aromatic rings. The van der Waals surface area contributed by atoms with E-state index in [2.05, 4.69) is 19.2 Å².